The molecule has 112 valence electrons. The summed E-state index contributed by atoms with van der Waals surface area (Å²) < 4.78 is 26.7. The van der Waals surface area contributed by atoms with E-state index in [0.717, 1.165) is 0 Å². The van der Waals surface area contributed by atoms with E-state index in [4.69, 9.17) is 9.88 Å². The van der Waals surface area contributed by atoms with Crippen LogP contribution in [0.4, 0.5) is 5.82 Å². The molecular formula is C11H17N3O5S. The first-order valence-electron chi connectivity index (χ1n) is 6.05. The highest BCUT2D eigenvalue weighted by Gasteiger charge is 2.17. The number of sulfonamides is 1. The van der Waals surface area contributed by atoms with Crippen LogP contribution in [0.5, 0.6) is 5.75 Å². The van der Waals surface area contributed by atoms with E-state index in [9.17, 15) is 18.5 Å². The molecule has 1 rings (SSSR count). The average molecular weight is 303 g/mol. The van der Waals surface area contributed by atoms with Gasteiger partial charge in [-0.3, -0.25) is 0 Å². The third-order valence-electron chi connectivity index (χ3n) is 2.48. The molecule has 0 atom stereocenters. The minimum Gasteiger partial charge on any atom is -0.486 e. The van der Waals surface area contributed by atoms with Crippen molar-refractivity contribution in [3.63, 3.8) is 0 Å². The second kappa shape index (κ2) is 7.15. The zero-order chi connectivity index (χ0) is 15.2. The lowest BCUT2D eigenvalue weighted by Crippen LogP contribution is -2.16. The Labute approximate surface area is 117 Å². The molecule has 8 nitrogen and oxygen atoms in total. The molecule has 0 spiro atoms. The highest BCUT2D eigenvalue weighted by Crippen LogP contribution is 2.24. The quantitative estimate of drug-likeness (QED) is 0.436. The van der Waals surface area contributed by atoms with Crippen molar-refractivity contribution in [3.8, 4) is 5.75 Å². The molecule has 0 fully saturated rings. The molecule has 0 aliphatic carbocycles. The van der Waals surface area contributed by atoms with Gasteiger partial charge in [0.2, 0.25) is 15.8 Å². The smallest absolute Gasteiger partial charge is 0.406 e. The van der Waals surface area contributed by atoms with Gasteiger partial charge in [0.05, 0.1) is 12.4 Å². The summed E-state index contributed by atoms with van der Waals surface area (Å²) >= 11 is 0. The van der Waals surface area contributed by atoms with Crippen molar-refractivity contribution in [3.05, 3.63) is 27.9 Å². The van der Waals surface area contributed by atoms with E-state index >= 15 is 0 Å². The highest BCUT2D eigenvalue weighted by molar-refractivity contribution is 7.89. The van der Waals surface area contributed by atoms with Crippen molar-refractivity contribution in [1.29, 1.82) is 0 Å². The fourth-order valence-electron chi connectivity index (χ4n) is 1.54. The van der Waals surface area contributed by atoms with Crippen LogP contribution in [-0.4, -0.2) is 30.7 Å². The topological polar surface area (TPSA) is 125 Å². The molecule has 0 aliphatic rings. The first kappa shape index (κ1) is 16.3. The summed E-state index contributed by atoms with van der Waals surface area (Å²) in [7, 11) is -3.43. The summed E-state index contributed by atoms with van der Waals surface area (Å²) in [6.07, 6.45) is 1.64. The molecule has 1 heterocycles. The summed E-state index contributed by atoms with van der Waals surface area (Å²) in [6.45, 7) is 1.92. The average Bonchev–Trinajstić information content (AvgIpc) is 2.33. The number of aromatic nitrogens is 1. The molecule has 0 unspecified atom stereocenters. The number of hydrogen-bond acceptors (Lipinski definition) is 6. The molecule has 0 aliphatic heterocycles. The second-order valence-corrected chi connectivity index (χ2v) is 6.04. The van der Waals surface area contributed by atoms with Crippen LogP contribution in [0.3, 0.4) is 0 Å². The largest absolute Gasteiger partial charge is 0.486 e. The van der Waals surface area contributed by atoms with Crippen LogP contribution in [0.15, 0.2) is 12.1 Å². The molecular weight excluding hydrogens is 286 g/mol. The molecule has 0 radical (unpaired) electrons. The summed E-state index contributed by atoms with van der Waals surface area (Å²) in [6, 6.07) is 3.13. The van der Waals surface area contributed by atoms with Gasteiger partial charge in [-0.25, -0.2) is 13.6 Å². The molecule has 0 amide bonds. The summed E-state index contributed by atoms with van der Waals surface area (Å²) in [5.74, 6) is -0.263. The van der Waals surface area contributed by atoms with Crippen molar-refractivity contribution in [2.45, 2.75) is 26.2 Å². The Bertz CT molecular complexity index is 573. The standard InChI is InChI=1S/C11H17N3O5S/c1-9-5-6-10(11(13-9)14(15)16)19-7-3-2-4-8-20(12,17)18/h5-6H,2-4,7-8H2,1H3,(H2,12,17,18). The number of nitro groups is 1. The van der Waals surface area contributed by atoms with Crippen molar-refractivity contribution in [1.82, 2.24) is 4.98 Å². The van der Waals surface area contributed by atoms with Crippen molar-refractivity contribution < 1.29 is 18.1 Å². The first-order chi connectivity index (χ1) is 9.29. The SMILES string of the molecule is Cc1ccc(OCCCCCS(N)(=O)=O)c([N+](=O)[O-])n1. The number of rotatable bonds is 8. The van der Waals surface area contributed by atoms with E-state index in [1.54, 1.807) is 13.0 Å². The maximum absolute atomic E-state index is 10.8. The number of nitrogens with two attached hydrogens (primary N) is 1. The third-order valence-corrected chi connectivity index (χ3v) is 3.34. The monoisotopic (exact) mass is 303 g/mol. The molecule has 0 saturated heterocycles. The Morgan fingerprint density at radius 2 is 2.05 bits per heavy atom. The lowest BCUT2D eigenvalue weighted by Gasteiger charge is -2.06. The summed E-state index contributed by atoms with van der Waals surface area (Å²) in [4.78, 5) is 14.0. The van der Waals surface area contributed by atoms with E-state index in [1.807, 2.05) is 0 Å². The van der Waals surface area contributed by atoms with Gasteiger partial charge in [0.15, 0.2) is 0 Å². The van der Waals surface area contributed by atoms with Crippen molar-refractivity contribution >= 4 is 15.8 Å². The number of ether oxygens (including phenoxy) is 1. The summed E-state index contributed by atoms with van der Waals surface area (Å²) in [5.41, 5.74) is 0.539. The molecule has 0 aromatic carbocycles. The van der Waals surface area contributed by atoms with Gasteiger partial charge >= 0.3 is 5.82 Å². The Hall–Kier alpha value is -1.74. The minimum absolute atomic E-state index is 0.0702. The van der Waals surface area contributed by atoms with Gasteiger partial charge < -0.3 is 14.9 Å². The molecule has 1 aromatic heterocycles. The number of hydrogen-bond donors (Lipinski definition) is 1. The first-order valence-corrected chi connectivity index (χ1v) is 7.76. The Balaban J connectivity index is 2.41. The Kier molecular flexibility index (Phi) is 5.83. The highest BCUT2D eigenvalue weighted by atomic mass is 32.2. The van der Waals surface area contributed by atoms with Gasteiger partial charge in [0.1, 0.15) is 5.69 Å². The molecule has 2 N–H and O–H groups in total. The lowest BCUT2D eigenvalue weighted by atomic mass is 10.3. The number of nitrogens with zero attached hydrogens (tertiary/aromatic N) is 2. The van der Waals surface area contributed by atoms with Crippen LogP contribution in [0.1, 0.15) is 25.0 Å². The van der Waals surface area contributed by atoms with Crippen LogP contribution < -0.4 is 9.88 Å². The van der Waals surface area contributed by atoms with E-state index in [0.29, 0.717) is 25.0 Å². The van der Waals surface area contributed by atoms with E-state index in [1.165, 1.54) is 6.07 Å². The zero-order valence-corrected chi connectivity index (χ0v) is 11.9. The van der Waals surface area contributed by atoms with E-state index < -0.39 is 14.9 Å². The number of unbranched alkanes of at least 4 members (excludes halogenated alkanes) is 2. The van der Waals surface area contributed by atoms with E-state index in [-0.39, 0.29) is 23.9 Å². The van der Waals surface area contributed by atoms with E-state index in [2.05, 4.69) is 4.98 Å². The van der Waals surface area contributed by atoms with Gasteiger partial charge in [0, 0.05) is 6.92 Å². The van der Waals surface area contributed by atoms with Crippen LogP contribution in [-0.2, 0) is 10.0 Å². The van der Waals surface area contributed by atoms with Gasteiger partial charge in [-0.15, -0.1) is 0 Å². The third kappa shape index (κ3) is 5.93. The zero-order valence-electron chi connectivity index (χ0n) is 11.1. The minimum atomic E-state index is -3.43. The van der Waals surface area contributed by atoms with Crippen molar-refractivity contribution in [2.75, 3.05) is 12.4 Å². The Morgan fingerprint density at radius 3 is 2.65 bits per heavy atom. The molecule has 0 bridgehead atoms. The van der Waals surface area contributed by atoms with Crippen LogP contribution >= 0.6 is 0 Å². The maximum atomic E-state index is 10.8. The van der Waals surface area contributed by atoms with Gasteiger partial charge in [-0.2, -0.15) is 0 Å². The summed E-state index contributed by atoms with van der Waals surface area (Å²) in [5, 5.41) is 15.7. The fourth-order valence-corrected chi connectivity index (χ4v) is 2.14. The Morgan fingerprint density at radius 1 is 1.35 bits per heavy atom. The molecule has 0 saturated carbocycles. The van der Waals surface area contributed by atoms with Gasteiger partial charge in [-0.1, -0.05) is 0 Å². The van der Waals surface area contributed by atoms with Crippen LogP contribution in [0, 0.1) is 17.0 Å². The lowest BCUT2D eigenvalue weighted by molar-refractivity contribution is -0.390. The number of aryl methyl sites for hydroxylation is 1. The molecule has 20 heavy (non-hydrogen) atoms. The number of pyridine rings is 1. The van der Waals surface area contributed by atoms with Gasteiger partial charge in [0.25, 0.3) is 0 Å². The predicted octanol–water partition coefficient (Wildman–Crippen LogP) is 1.14. The van der Waals surface area contributed by atoms with Crippen molar-refractivity contribution in [2.24, 2.45) is 5.14 Å². The van der Waals surface area contributed by atoms with Crippen LogP contribution in [0.2, 0.25) is 0 Å². The molecule has 9 heteroatoms. The molecule has 1 aromatic rings. The second-order valence-electron chi connectivity index (χ2n) is 4.31. The maximum Gasteiger partial charge on any atom is 0.406 e. The van der Waals surface area contributed by atoms with Gasteiger partial charge in [-0.05, 0) is 41.3 Å². The van der Waals surface area contributed by atoms with Crippen LogP contribution in [0.25, 0.3) is 0 Å². The normalized spacial score (nSPS) is 11.3. The fraction of sp³-hybridized carbons (Fsp3) is 0.545. The predicted molar refractivity (Wildman–Crippen MR) is 72.9 cm³/mol. The number of primary sulfonamides is 1.